The van der Waals surface area contributed by atoms with E-state index in [4.69, 9.17) is 4.74 Å². The number of nitrogens with one attached hydrogen (secondary N) is 2. The maximum atomic E-state index is 12.1. The predicted octanol–water partition coefficient (Wildman–Crippen LogP) is 3.79. The van der Waals surface area contributed by atoms with Gasteiger partial charge in [0.05, 0.1) is 7.11 Å². The van der Waals surface area contributed by atoms with Gasteiger partial charge in [-0.3, -0.25) is 0 Å². The van der Waals surface area contributed by atoms with Crippen molar-refractivity contribution in [1.29, 1.82) is 0 Å². The number of hydrogen-bond acceptors (Lipinski definition) is 2. The van der Waals surface area contributed by atoms with E-state index in [0.717, 1.165) is 23.1 Å². The van der Waals surface area contributed by atoms with Crippen molar-refractivity contribution in [2.75, 3.05) is 7.11 Å². The lowest BCUT2D eigenvalue weighted by molar-refractivity contribution is 0.223. The molecule has 3 rings (SSSR count). The first-order valence-electron chi connectivity index (χ1n) is 8.54. The van der Waals surface area contributed by atoms with Crippen LogP contribution in [-0.2, 0) is 0 Å². The van der Waals surface area contributed by atoms with Gasteiger partial charge in [0.2, 0.25) is 0 Å². The average Bonchev–Trinajstić information content (AvgIpc) is 3.18. The summed E-state index contributed by atoms with van der Waals surface area (Å²) in [6.07, 6.45) is 8.90. The van der Waals surface area contributed by atoms with Crippen molar-refractivity contribution < 1.29 is 9.53 Å². The Morgan fingerprint density at radius 2 is 2.13 bits per heavy atom. The monoisotopic (exact) mass is 314 g/mol. The van der Waals surface area contributed by atoms with Gasteiger partial charge in [-0.2, -0.15) is 0 Å². The summed E-state index contributed by atoms with van der Waals surface area (Å²) in [6, 6.07) is 7.83. The lowest BCUT2D eigenvalue weighted by atomic mass is 9.84. The van der Waals surface area contributed by atoms with Crippen molar-refractivity contribution in [3.05, 3.63) is 36.0 Å². The third kappa shape index (κ3) is 3.69. The van der Waals surface area contributed by atoms with Crippen molar-refractivity contribution in [2.45, 2.75) is 38.6 Å². The number of fused-ring (bicyclic) bond motifs is 2. The van der Waals surface area contributed by atoms with E-state index in [2.05, 4.69) is 17.6 Å². The molecule has 2 saturated carbocycles. The zero-order chi connectivity index (χ0) is 16.2. The van der Waals surface area contributed by atoms with Crippen LogP contribution in [-0.4, -0.2) is 19.2 Å². The molecule has 2 fully saturated rings. The number of hydrogen-bond donors (Lipinski definition) is 2. The quantitative estimate of drug-likeness (QED) is 0.869. The molecule has 1 aromatic rings. The lowest BCUT2D eigenvalue weighted by Crippen LogP contribution is -2.43. The summed E-state index contributed by atoms with van der Waals surface area (Å²) in [4.78, 5) is 12.1. The minimum Gasteiger partial charge on any atom is -0.496 e. The van der Waals surface area contributed by atoms with Gasteiger partial charge in [0.25, 0.3) is 0 Å². The molecular weight excluding hydrogens is 288 g/mol. The second-order valence-corrected chi connectivity index (χ2v) is 6.82. The van der Waals surface area contributed by atoms with Crippen LogP contribution < -0.4 is 15.4 Å². The molecule has 4 nitrogen and oxygen atoms in total. The SMILES string of the molecule is COc1ccccc1/C=C/NC(=O)NC(C)C1CC2CCC1C2. The summed E-state index contributed by atoms with van der Waals surface area (Å²) in [5.41, 5.74) is 0.941. The van der Waals surface area contributed by atoms with Gasteiger partial charge in [0, 0.05) is 17.8 Å². The molecule has 2 bridgehead atoms. The molecule has 4 heteroatoms. The number of methoxy groups -OCH3 is 1. The normalized spacial score (nSPS) is 27.1. The van der Waals surface area contributed by atoms with Crippen LogP contribution in [0.4, 0.5) is 4.79 Å². The second kappa shape index (κ2) is 7.07. The molecular formula is C19H26N2O2. The van der Waals surface area contributed by atoms with Crippen LogP contribution in [0.25, 0.3) is 6.08 Å². The Labute approximate surface area is 138 Å². The summed E-state index contributed by atoms with van der Waals surface area (Å²) in [7, 11) is 1.64. The molecule has 4 atom stereocenters. The van der Waals surface area contributed by atoms with Gasteiger partial charge in [-0.05, 0) is 56.1 Å². The van der Waals surface area contributed by atoms with E-state index in [0.29, 0.717) is 5.92 Å². The summed E-state index contributed by atoms with van der Waals surface area (Å²) in [6.45, 7) is 2.13. The van der Waals surface area contributed by atoms with E-state index in [1.54, 1.807) is 13.3 Å². The van der Waals surface area contributed by atoms with Crippen molar-refractivity contribution in [2.24, 2.45) is 17.8 Å². The fraction of sp³-hybridized carbons (Fsp3) is 0.526. The molecule has 1 aromatic carbocycles. The molecule has 0 radical (unpaired) electrons. The molecule has 2 N–H and O–H groups in total. The number of carbonyl (C=O) groups excluding carboxylic acids is 1. The van der Waals surface area contributed by atoms with Crippen molar-refractivity contribution in [3.8, 4) is 5.75 Å². The van der Waals surface area contributed by atoms with Crippen LogP contribution in [0.5, 0.6) is 5.75 Å². The first-order valence-corrected chi connectivity index (χ1v) is 8.54. The number of rotatable bonds is 5. The number of benzene rings is 1. The number of amides is 2. The highest BCUT2D eigenvalue weighted by atomic mass is 16.5. The molecule has 0 aromatic heterocycles. The van der Waals surface area contributed by atoms with Crippen molar-refractivity contribution in [3.63, 3.8) is 0 Å². The minimum absolute atomic E-state index is 0.133. The Kier molecular flexibility index (Phi) is 4.89. The average molecular weight is 314 g/mol. The van der Waals surface area contributed by atoms with Crippen molar-refractivity contribution in [1.82, 2.24) is 10.6 Å². The Hall–Kier alpha value is -1.97. The van der Waals surface area contributed by atoms with Crippen molar-refractivity contribution >= 4 is 12.1 Å². The molecule has 0 spiro atoms. The van der Waals surface area contributed by atoms with Gasteiger partial charge < -0.3 is 15.4 Å². The minimum atomic E-state index is -0.133. The van der Waals surface area contributed by atoms with Gasteiger partial charge >= 0.3 is 6.03 Å². The van der Waals surface area contributed by atoms with E-state index in [9.17, 15) is 4.79 Å². The molecule has 4 unspecified atom stereocenters. The van der Waals surface area contributed by atoms with Crippen LogP contribution in [0.3, 0.4) is 0 Å². The van der Waals surface area contributed by atoms with Gasteiger partial charge in [-0.1, -0.05) is 24.6 Å². The van der Waals surface area contributed by atoms with Crippen LogP contribution in [0.2, 0.25) is 0 Å². The Balaban J connectivity index is 1.48. The number of carbonyl (C=O) groups is 1. The highest BCUT2D eigenvalue weighted by Gasteiger charge is 2.42. The number of urea groups is 1. The maximum Gasteiger partial charge on any atom is 0.318 e. The summed E-state index contributed by atoms with van der Waals surface area (Å²) < 4.78 is 5.28. The molecule has 2 aliphatic carbocycles. The topological polar surface area (TPSA) is 50.4 Å². The van der Waals surface area contributed by atoms with E-state index in [1.165, 1.54) is 25.7 Å². The summed E-state index contributed by atoms with van der Waals surface area (Å²) in [5, 5.41) is 5.88. The summed E-state index contributed by atoms with van der Waals surface area (Å²) in [5.74, 6) is 3.17. The lowest BCUT2D eigenvalue weighted by Gasteiger charge is -2.28. The highest BCUT2D eigenvalue weighted by Crippen LogP contribution is 2.49. The smallest absolute Gasteiger partial charge is 0.318 e. The summed E-state index contributed by atoms with van der Waals surface area (Å²) >= 11 is 0. The molecule has 0 saturated heterocycles. The van der Waals surface area contributed by atoms with Crippen LogP contribution in [0.1, 0.15) is 38.2 Å². The van der Waals surface area contributed by atoms with Gasteiger partial charge in [-0.15, -0.1) is 0 Å². The molecule has 2 aliphatic rings. The third-order valence-corrected chi connectivity index (χ3v) is 5.41. The molecule has 0 aliphatic heterocycles. The fourth-order valence-corrected chi connectivity index (χ4v) is 4.27. The Morgan fingerprint density at radius 3 is 2.83 bits per heavy atom. The van der Waals surface area contributed by atoms with Gasteiger partial charge in [0.15, 0.2) is 0 Å². The first-order chi connectivity index (χ1) is 11.2. The number of ether oxygens (including phenoxy) is 1. The van der Waals surface area contributed by atoms with E-state index >= 15 is 0 Å². The zero-order valence-electron chi connectivity index (χ0n) is 13.9. The van der Waals surface area contributed by atoms with Crippen LogP contribution >= 0.6 is 0 Å². The maximum absolute atomic E-state index is 12.1. The zero-order valence-corrected chi connectivity index (χ0v) is 13.9. The van der Waals surface area contributed by atoms with Gasteiger partial charge in [0.1, 0.15) is 5.75 Å². The first kappa shape index (κ1) is 15.9. The van der Waals surface area contributed by atoms with Crippen LogP contribution in [0, 0.1) is 17.8 Å². The highest BCUT2D eigenvalue weighted by molar-refractivity contribution is 5.76. The molecule has 0 heterocycles. The van der Waals surface area contributed by atoms with E-state index < -0.39 is 0 Å². The second-order valence-electron chi connectivity index (χ2n) is 6.82. The van der Waals surface area contributed by atoms with Gasteiger partial charge in [-0.25, -0.2) is 4.79 Å². The standard InChI is InChI=1S/C19H26N2O2/c1-13(17-12-14-7-8-16(17)11-14)21-19(22)20-10-9-15-5-3-4-6-18(15)23-2/h3-6,9-10,13-14,16-17H,7-8,11-12H2,1-2H3,(H2,20,21,22)/b10-9+. The predicted molar refractivity (Wildman–Crippen MR) is 92.1 cm³/mol. The number of para-hydroxylation sites is 1. The Bertz CT molecular complexity index is 584. The van der Waals surface area contributed by atoms with Crippen LogP contribution in [0.15, 0.2) is 30.5 Å². The molecule has 23 heavy (non-hydrogen) atoms. The Morgan fingerprint density at radius 1 is 1.30 bits per heavy atom. The van der Waals surface area contributed by atoms with E-state index in [1.807, 2.05) is 30.3 Å². The molecule has 124 valence electrons. The third-order valence-electron chi connectivity index (χ3n) is 5.41. The molecule has 2 amide bonds. The van der Waals surface area contributed by atoms with E-state index in [-0.39, 0.29) is 12.1 Å². The largest absolute Gasteiger partial charge is 0.496 e. The fourth-order valence-electron chi connectivity index (χ4n) is 4.27.